The Kier molecular flexibility index (Phi) is 35.7. The highest BCUT2D eigenvalue weighted by molar-refractivity contribution is 5.67. The van der Waals surface area contributed by atoms with Gasteiger partial charge in [0.2, 0.25) is 0 Å². The highest BCUT2D eigenvalue weighted by Gasteiger charge is 2.14. The maximum absolute atomic E-state index is 12.4. The second-order valence-electron chi connectivity index (χ2n) is 12.6. The number of nitrogens with one attached hydrogen (secondary N) is 1. The molecule has 0 heterocycles. The Balaban J connectivity index is 3.98. The van der Waals surface area contributed by atoms with E-state index in [0.717, 1.165) is 19.3 Å². The van der Waals surface area contributed by atoms with Crippen molar-refractivity contribution in [2.24, 2.45) is 0 Å². The van der Waals surface area contributed by atoms with Gasteiger partial charge >= 0.3 is 6.09 Å². The van der Waals surface area contributed by atoms with E-state index in [2.05, 4.69) is 19.2 Å². The van der Waals surface area contributed by atoms with Gasteiger partial charge in [-0.1, -0.05) is 162 Å². The lowest BCUT2D eigenvalue weighted by Crippen LogP contribution is -2.30. The molecule has 1 atom stereocenters. The molecule has 0 radical (unpaired) electrons. The average Bonchev–Trinajstić information content (AvgIpc) is 2.99. The number of hydrogen-bond acceptors (Lipinski definition) is 4. The van der Waals surface area contributed by atoms with Gasteiger partial charge in [0.05, 0.1) is 13.2 Å². The topological polar surface area (TPSA) is 56.8 Å². The standard InChI is InChI=1S/C37H75NO4/c1-4-6-8-10-12-14-16-17-18-19-20-22-24-26-28-31-36(30-27-25-23-21-15-13-11-9-7-5-2)42-37(39)38-32-29-33-41-35-34-40-3/h36H,4-35H2,1-3H3,(H,38,39). The molecule has 5 nitrogen and oxygen atoms in total. The number of ether oxygens (including phenoxy) is 3. The lowest BCUT2D eigenvalue weighted by atomic mass is 10.0. The van der Waals surface area contributed by atoms with Crippen LogP contribution in [0, 0.1) is 0 Å². The van der Waals surface area contributed by atoms with Gasteiger partial charge in [-0.05, 0) is 32.1 Å². The van der Waals surface area contributed by atoms with Crippen LogP contribution in [0.2, 0.25) is 0 Å². The first kappa shape index (κ1) is 41.2. The molecule has 0 aliphatic carbocycles. The fourth-order valence-electron chi connectivity index (χ4n) is 5.67. The third-order valence-electron chi connectivity index (χ3n) is 8.45. The third-order valence-corrected chi connectivity index (χ3v) is 8.45. The van der Waals surface area contributed by atoms with Gasteiger partial charge < -0.3 is 19.5 Å². The van der Waals surface area contributed by atoms with Crippen LogP contribution in [0.25, 0.3) is 0 Å². The van der Waals surface area contributed by atoms with Crippen molar-refractivity contribution in [2.45, 2.75) is 200 Å². The van der Waals surface area contributed by atoms with Gasteiger partial charge in [-0.2, -0.15) is 0 Å². The molecule has 0 aromatic heterocycles. The molecule has 5 heteroatoms. The zero-order valence-electron chi connectivity index (χ0n) is 28.8. The Labute approximate surface area is 263 Å². The van der Waals surface area contributed by atoms with E-state index in [1.54, 1.807) is 7.11 Å². The predicted octanol–water partition coefficient (Wildman–Crippen LogP) is 11.7. The summed E-state index contributed by atoms with van der Waals surface area (Å²) in [6, 6.07) is 0. The Bertz CT molecular complexity index is 516. The van der Waals surface area contributed by atoms with Crippen LogP contribution in [-0.4, -0.2) is 45.7 Å². The summed E-state index contributed by atoms with van der Waals surface area (Å²) in [7, 11) is 1.67. The average molecular weight is 598 g/mol. The van der Waals surface area contributed by atoms with E-state index in [-0.39, 0.29) is 12.2 Å². The maximum Gasteiger partial charge on any atom is 0.407 e. The van der Waals surface area contributed by atoms with Gasteiger partial charge in [0.15, 0.2) is 0 Å². The molecule has 252 valence electrons. The minimum atomic E-state index is -0.259. The molecule has 0 aliphatic rings. The quantitative estimate of drug-likeness (QED) is 0.0738. The molecule has 1 N–H and O–H groups in total. The van der Waals surface area contributed by atoms with Crippen LogP contribution in [0.4, 0.5) is 4.79 Å². The number of hydrogen-bond donors (Lipinski definition) is 1. The van der Waals surface area contributed by atoms with Crippen molar-refractivity contribution in [1.29, 1.82) is 0 Å². The Morgan fingerprint density at radius 3 is 1.26 bits per heavy atom. The smallest absolute Gasteiger partial charge is 0.407 e. The van der Waals surface area contributed by atoms with Crippen LogP contribution < -0.4 is 5.32 Å². The largest absolute Gasteiger partial charge is 0.446 e. The molecule has 0 spiro atoms. The van der Waals surface area contributed by atoms with E-state index in [4.69, 9.17) is 14.2 Å². The first-order valence-electron chi connectivity index (χ1n) is 18.8. The first-order valence-corrected chi connectivity index (χ1v) is 18.8. The van der Waals surface area contributed by atoms with E-state index in [0.29, 0.717) is 26.4 Å². The second kappa shape index (κ2) is 36.4. The van der Waals surface area contributed by atoms with Gasteiger partial charge in [0, 0.05) is 20.3 Å². The summed E-state index contributed by atoms with van der Waals surface area (Å²) in [6.45, 7) is 7.00. The normalized spacial score (nSPS) is 12.1. The number of amides is 1. The number of alkyl carbamates (subject to hydrolysis) is 1. The minimum absolute atomic E-state index is 0.0546. The summed E-state index contributed by atoms with van der Waals surface area (Å²) < 4.78 is 16.3. The minimum Gasteiger partial charge on any atom is -0.446 e. The summed E-state index contributed by atoms with van der Waals surface area (Å²) in [4.78, 5) is 12.4. The van der Waals surface area contributed by atoms with Crippen LogP contribution in [0.5, 0.6) is 0 Å². The second-order valence-corrected chi connectivity index (χ2v) is 12.6. The van der Waals surface area contributed by atoms with Gasteiger partial charge in [-0.3, -0.25) is 0 Å². The summed E-state index contributed by atoms with van der Waals surface area (Å²) >= 11 is 0. The lowest BCUT2D eigenvalue weighted by molar-refractivity contribution is 0.0670. The molecule has 0 bridgehead atoms. The fourth-order valence-corrected chi connectivity index (χ4v) is 5.67. The fraction of sp³-hybridized carbons (Fsp3) is 0.973. The molecular formula is C37H75NO4. The zero-order valence-corrected chi connectivity index (χ0v) is 28.8. The first-order chi connectivity index (χ1) is 20.7. The maximum atomic E-state index is 12.4. The Morgan fingerprint density at radius 2 is 0.881 bits per heavy atom. The molecule has 0 fully saturated rings. The molecule has 0 rings (SSSR count). The molecule has 1 amide bonds. The summed E-state index contributed by atoms with van der Waals surface area (Å²) in [6.07, 6.45) is 36.6. The van der Waals surface area contributed by atoms with Gasteiger partial charge in [-0.15, -0.1) is 0 Å². The van der Waals surface area contributed by atoms with E-state index < -0.39 is 0 Å². The molecule has 1 unspecified atom stereocenters. The molecule has 0 aromatic carbocycles. The van der Waals surface area contributed by atoms with Crippen LogP contribution >= 0.6 is 0 Å². The molecule has 0 aromatic rings. The highest BCUT2D eigenvalue weighted by atomic mass is 16.6. The Hall–Kier alpha value is -0.810. The monoisotopic (exact) mass is 598 g/mol. The van der Waals surface area contributed by atoms with Crippen molar-refractivity contribution in [3.63, 3.8) is 0 Å². The van der Waals surface area contributed by atoms with Crippen molar-refractivity contribution >= 4 is 6.09 Å². The molecule has 0 saturated carbocycles. The van der Waals surface area contributed by atoms with Crippen LogP contribution in [0.1, 0.15) is 194 Å². The lowest BCUT2D eigenvalue weighted by Gasteiger charge is -2.18. The van der Waals surface area contributed by atoms with E-state index >= 15 is 0 Å². The summed E-state index contributed by atoms with van der Waals surface area (Å²) in [5, 5.41) is 2.92. The van der Waals surface area contributed by atoms with Crippen molar-refractivity contribution in [2.75, 3.05) is 33.5 Å². The van der Waals surface area contributed by atoms with Crippen molar-refractivity contribution in [3.8, 4) is 0 Å². The zero-order chi connectivity index (χ0) is 30.6. The van der Waals surface area contributed by atoms with Gasteiger partial charge in [0.1, 0.15) is 6.10 Å². The number of carbonyl (C=O) groups excluding carboxylic acids is 1. The highest BCUT2D eigenvalue weighted by Crippen LogP contribution is 2.18. The number of carbonyl (C=O) groups is 1. The van der Waals surface area contributed by atoms with Gasteiger partial charge in [0.25, 0.3) is 0 Å². The van der Waals surface area contributed by atoms with Crippen molar-refractivity contribution < 1.29 is 19.0 Å². The van der Waals surface area contributed by atoms with E-state index in [9.17, 15) is 4.79 Å². The predicted molar refractivity (Wildman–Crippen MR) is 182 cm³/mol. The molecule has 42 heavy (non-hydrogen) atoms. The number of rotatable bonds is 35. The third kappa shape index (κ3) is 33.7. The Morgan fingerprint density at radius 1 is 0.500 bits per heavy atom. The van der Waals surface area contributed by atoms with Crippen molar-refractivity contribution in [1.82, 2.24) is 5.32 Å². The summed E-state index contributed by atoms with van der Waals surface area (Å²) in [5.41, 5.74) is 0. The van der Waals surface area contributed by atoms with Gasteiger partial charge in [-0.25, -0.2) is 4.79 Å². The number of unbranched alkanes of at least 4 members (excludes halogenated alkanes) is 23. The molecular weight excluding hydrogens is 522 g/mol. The van der Waals surface area contributed by atoms with E-state index in [1.165, 1.54) is 161 Å². The number of methoxy groups -OCH3 is 1. The SMILES string of the molecule is CCCCCCCCCCCCCCCCCC(CCCCCCCCCCCC)OC(=O)NCCCOCCOC. The van der Waals surface area contributed by atoms with Crippen molar-refractivity contribution in [3.05, 3.63) is 0 Å². The van der Waals surface area contributed by atoms with E-state index in [1.807, 2.05) is 0 Å². The summed E-state index contributed by atoms with van der Waals surface area (Å²) in [5.74, 6) is 0. The molecule has 0 saturated heterocycles. The van der Waals surface area contributed by atoms with Crippen LogP contribution in [0.3, 0.4) is 0 Å². The van der Waals surface area contributed by atoms with Crippen LogP contribution in [0.15, 0.2) is 0 Å². The molecule has 0 aliphatic heterocycles. The van der Waals surface area contributed by atoms with Crippen LogP contribution in [-0.2, 0) is 14.2 Å².